The zero-order chi connectivity index (χ0) is 15.7. The Morgan fingerprint density at radius 1 is 1.36 bits per heavy atom. The Bertz CT molecular complexity index is 717. The molecule has 0 radical (unpaired) electrons. The van der Waals surface area contributed by atoms with Crippen molar-refractivity contribution in [2.24, 2.45) is 5.92 Å². The van der Waals surface area contributed by atoms with Crippen molar-refractivity contribution < 1.29 is 19.1 Å². The summed E-state index contributed by atoms with van der Waals surface area (Å²) in [6.07, 6.45) is 0.978. The number of carboxylic acids is 1. The molecule has 1 saturated heterocycles. The fourth-order valence-corrected chi connectivity index (χ4v) is 2.65. The minimum absolute atomic E-state index is 0.223. The summed E-state index contributed by atoms with van der Waals surface area (Å²) in [4.78, 5) is 29.0. The number of rotatable bonds is 2. The van der Waals surface area contributed by atoms with E-state index in [2.05, 4.69) is 10.3 Å². The van der Waals surface area contributed by atoms with Gasteiger partial charge in [-0.1, -0.05) is 0 Å². The van der Waals surface area contributed by atoms with Crippen LogP contribution in [0.25, 0.3) is 11.1 Å². The molecule has 2 amide bonds. The van der Waals surface area contributed by atoms with Crippen LogP contribution in [0, 0.1) is 12.8 Å². The molecule has 22 heavy (non-hydrogen) atoms. The molecule has 1 fully saturated rings. The molecule has 2 aromatic rings. The van der Waals surface area contributed by atoms with Crippen molar-refractivity contribution in [3.63, 3.8) is 0 Å². The molecule has 0 unspecified atom stereocenters. The highest BCUT2D eigenvalue weighted by atomic mass is 16.4. The molecule has 1 aliphatic heterocycles. The zero-order valence-electron chi connectivity index (χ0n) is 12.2. The monoisotopic (exact) mass is 303 g/mol. The van der Waals surface area contributed by atoms with Gasteiger partial charge in [0.15, 0.2) is 11.5 Å². The molecule has 0 saturated carbocycles. The predicted octanol–water partition coefficient (Wildman–Crippen LogP) is 2.46. The topological polar surface area (TPSA) is 95.7 Å². The fraction of sp³-hybridized carbons (Fsp3) is 0.400. The summed E-state index contributed by atoms with van der Waals surface area (Å²) in [6, 6.07) is 5.07. The number of hydrogen-bond acceptors (Lipinski definition) is 4. The van der Waals surface area contributed by atoms with Crippen molar-refractivity contribution in [1.82, 2.24) is 9.88 Å². The highest BCUT2D eigenvalue weighted by Crippen LogP contribution is 2.21. The van der Waals surface area contributed by atoms with E-state index in [9.17, 15) is 9.59 Å². The van der Waals surface area contributed by atoms with Gasteiger partial charge in [-0.3, -0.25) is 4.79 Å². The molecule has 0 aliphatic carbocycles. The van der Waals surface area contributed by atoms with Crippen LogP contribution in [-0.2, 0) is 4.79 Å². The summed E-state index contributed by atoms with van der Waals surface area (Å²) in [5.74, 6) is -0.557. The summed E-state index contributed by atoms with van der Waals surface area (Å²) in [5, 5.41) is 11.8. The van der Waals surface area contributed by atoms with Gasteiger partial charge in [0, 0.05) is 31.8 Å². The van der Waals surface area contributed by atoms with E-state index in [-0.39, 0.29) is 11.9 Å². The molecular weight excluding hydrogens is 286 g/mol. The van der Waals surface area contributed by atoms with Crippen LogP contribution in [0.15, 0.2) is 22.6 Å². The number of carbonyl (C=O) groups excluding carboxylic acids is 1. The maximum absolute atomic E-state index is 12.2. The third-order valence-corrected chi connectivity index (χ3v) is 3.88. The Balaban J connectivity index is 1.64. The number of carbonyl (C=O) groups is 2. The van der Waals surface area contributed by atoms with Crippen molar-refractivity contribution in [2.75, 3.05) is 18.4 Å². The Hall–Kier alpha value is -2.57. The molecule has 0 bridgehead atoms. The summed E-state index contributed by atoms with van der Waals surface area (Å²) in [5.41, 5.74) is 2.01. The molecule has 7 heteroatoms. The van der Waals surface area contributed by atoms with E-state index in [0.29, 0.717) is 43.1 Å². The van der Waals surface area contributed by atoms with Crippen molar-refractivity contribution in [3.05, 3.63) is 24.1 Å². The van der Waals surface area contributed by atoms with Crippen LogP contribution in [-0.4, -0.2) is 40.1 Å². The maximum atomic E-state index is 12.2. The van der Waals surface area contributed by atoms with Crippen LogP contribution in [0.5, 0.6) is 0 Å². The van der Waals surface area contributed by atoms with Crippen molar-refractivity contribution >= 4 is 28.8 Å². The molecule has 1 aromatic carbocycles. The Morgan fingerprint density at radius 2 is 2.09 bits per heavy atom. The SMILES string of the molecule is Cc1nc2ccc(NC(=O)N3CCC(C(=O)O)CC3)cc2o1. The first-order chi connectivity index (χ1) is 10.5. The number of amides is 2. The molecule has 1 aliphatic rings. The predicted molar refractivity (Wildman–Crippen MR) is 79.7 cm³/mol. The number of oxazole rings is 1. The van der Waals surface area contributed by atoms with Crippen LogP contribution in [0.2, 0.25) is 0 Å². The highest BCUT2D eigenvalue weighted by Gasteiger charge is 2.27. The number of aryl methyl sites for hydroxylation is 1. The Kier molecular flexibility index (Phi) is 3.70. The first-order valence-corrected chi connectivity index (χ1v) is 7.19. The number of fused-ring (bicyclic) bond motifs is 1. The number of hydrogen-bond donors (Lipinski definition) is 2. The van der Waals surface area contributed by atoms with Crippen LogP contribution in [0.4, 0.5) is 10.5 Å². The lowest BCUT2D eigenvalue weighted by Crippen LogP contribution is -2.42. The summed E-state index contributed by atoms with van der Waals surface area (Å²) < 4.78 is 5.43. The highest BCUT2D eigenvalue weighted by molar-refractivity contribution is 5.91. The zero-order valence-corrected chi connectivity index (χ0v) is 12.2. The first-order valence-electron chi connectivity index (χ1n) is 7.19. The van der Waals surface area contributed by atoms with E-state index in [1.807, 2.05) is 0 Å². The fourth-order valence-electron chi connectivity index (χ4n) is 2.65. The number of aliphatic carboxylic acids is 1. The first kappa shape index (κ1) is 14.4. The largest absolute Gasteiger partial charge is 0.481 e. The van der Waals surface area contributed by atoms with Gasteiger partial charge >= 0.3 is 12.0 Å². The van der Waals surface area contributed by atoms with Gasteiger partial charge in [-0.25, -0.2) is 9.78 Å². The normalized spacial score (nSPS) is 16.0. The number of nitrogens with one attached hydrogen (secondary N) is 1. The quantitative estimate of drug-likeness (QED) is 0.888. The smallest absolute Gasteiger partial charge is 0.321 e. The van der Waals surface area contributed by atoms with E-state index in [1.54, 1.807) is 30.0 Å². The molecule has 116 valence electrons. The Labute approximate surface area is 126 Å². The molecule has 0 spiro atoms. The minimum atomic E-state index is -0.786. The summed E-state index contributed by atoms with van der Waals surface area (Å²) in [6.45, 7) is 2.67. The molecular formula is C15H17N3O4. The third kappa shape index (κ3) is 2.88. The van der Waals surface area contributed by atoms with Crippen molar-refractivity contribution in [1.29, 1.82) is 0 Å². The molecule has 2 N–H and O–H groups in total. The van der Waals surface area contributed by atoms with Crippen LogP contribution >= 0.6 is 0 Å². The second-order valence-corrected chi connectivity index (χ2v) is 5.45. The van der Waals surface area contributed by atoms with E-state index in [4.69, 9.17) is 9.52 Å². The van der Waals surface area contributed by atoms with Crippen molar-refractivity contribution in [3.8, 4) is 0 Å². The number of anilines is 1. The van der Waals surface area contributed by atoms with E-state index >= 15 is 0 Å². The van der Waals surface area contributed by atoms with Gasteiger partial charge in [0.1, 0.15) is 5.52 Å². The van der Waals surface area contributed by atoms with Gasteiger partial charge in [0.05, 0.1) is 5.92 Å². The van der Waals surface area contributed by atoms with Gasteiger partial charge in [0.25, 0.3) is 0 Å². The standard InChI is InChI=1S/C15H17N3O4/c1-9-16-12-3-2-11(8-13(12)22-9)17-15(21)18-6-4-10(5-7-18)14(19)20/h2-3,8,10H,4-7H2,1H3,(H,17,21)(H,19,20). The van der Waals surface area contributed by atoms with Gasteiger partial charge in [-0.2, -0.15) is 0 Å². The van der Waals surface area contributed by atoms with Crippen LogP contribution in [0.1, 0.15) is 18.7 Å². The average Bonchev–Trinajstić information content (AvgIpc) is 2.86. The summed E-state index contributed by atoms with van der Waals surface area (Å²) in [7, 11) is 0. The van der Waals surface area contributed by atoms with Crippen LogP contribution in [0.3, 0.4) is 0 Å². The second-order valence-electron chi connectivity index (χ2n) is 5.45. The van der Waals surface area contributed by atoms with Gasteiger partial charge in [-0.05, 0) is 25.0 Å². The van der Waals surface area contributed by atoms with Crippen molar-refractivity contribution in [2.45, 2.75) is 19.8 Å². The van der Waals surface area contributed by atoms with E-state index in [0.717, 1.165) is 5.52 Å². The third-order valence-electron chi connectivity index (χ3n) is 3.88. The molecule has 0 atom stereocenters. The second kappa shape index (κ2) is 5.67. The van der Waals surface area contributed by atoms with Gasteiger partial charge in [-0.15, -0.1) is 0 Å². The molecule has 3 rings (SSSR count). The summed E-state index contributed by atoms with van der Waals surface area (Å²) >= 11 is 0. The van der Waals surface area contributed by atoms with E-state index < -0.39 is 5.97 Å². The number of likely N-dealkylation sites (tertiary alicyclic amines) is 1. The number of aromatic nitrogens is 1. The lowest BCUT2D eigenvalue weighted by Gasteiger charge is -2.30. The number of nitrogens with zero attached hydrogens (tertiary/aromatic N) is 2. The number of piperidine rings is 1. The molecule has 1 aromatic heterocycles. The lowest BCUT2D eigenvalue weighted by molar-refractivity contribution is -0.143. The molecule has 2 heterocycles. The van der Waals surface area contributed by atoms with Gasteiger partial charge < -0.3 is 19.7 Å². The average molecular weight is 303 g/mol. The Morgan fingerprint density at radius 3 is 2.77 bits per heavy atom. The lowest BCUT2D eigenvalue weighted by atomic mass is 9.97. The minimum Gasteiger partial charge on any atom is -0.481 e. The number of carboxylic acid groups (broad SMARTS) is 1. The number of urea groups is 1. The maximum Gasteiger partial charge on any atom is 0.321 e. The van der Waals surface area contributed by atoms with E-state index in [1.165, 1.54) is 0 Å². The number of benzene rings is 1. The molecule has 7 nitrogen and oxygen atoms in total. The van der Waals surface area contributed by atoms with Gasteiger partial charge in [0.2, 0.25) is 0 Å². The van der Waals surface area contributed by atoms with Crippen LogP contribution < -0.4 is 5.32 Å².